The first kappa shape index (κ1) is 17.7. The van der Waals surface area contributed by atoms with Crippen molar-refractivity contribution in [2.45, 2.75) is 59.4 Å². The van der Waals surface area contributed by atoms with E-state index in [-0.39, 0.29) is 11.0 Å². The molecule has 0 atom stereocenters. The second-order valence-corrected chi connectivity index (χ2v) is 9.16. The molecule has 0 saturated carbocycles. The Bertz CT molecular complexity index is 931. The molecular formula is C23H31N2+. The highest BCUT2D eigenvalue weighted by Gasteiger charge is 2.33. The van der Waals surface area contributed by atoms with Crippen molar-refractivity contribution in [3.05, 3.63) is 53.6 Å². The number of aryl methyl sites for hydroxylation is 2. The Hall–Kier alpha value is -2.09. The van der Waals surface area contributed by atoms with E-state index in [2.05, 4.69) is 107 Å². The molecule has 0 aliphatic heterocycles. The minimum absolute atomic E-state index is 0.000371. The van der Waals surface area contributed by atoms with Gasteiger partial charge in [-0.2, -0.15) is 0 Å². The number of para-hydroxylation sites is 2. The van der Waals surface area contributed by atoms with Gasteiger partial charge in [0.15, 0.2) is 11.0 Å². The summed E-state index contributed by atoms with van der Waals surface area (Å²) in [4.78, 5) is 0. The van der Waals surface area contributed by atoms with Gasteiger partial charge in [0.2, 0.25) is 0 Å². The Balaban J connectivity index is 2.43. The van der Waals surface area contributed by atoms with Gasteiger partial charge in [0, 0.05) is 0 Å². The summed E-state index contributed by atoms with van der Waals surface area (Å²) in [5.74, 6) is 1.28. The maximum absolute atomic E-state index is 2.48. The summed E-state index contributed by atoms with van der Waals surface area (Å²) in [5, 5.41) is 0. The van der Waals surface area contributed by atoms with Crippen LogP contribution in [0, 0.1) is 6.92 Å². The Morgan fingerprint density at radius 1 is 0.880 bits per heavy atom. The fraction of sp³-hybridized carbons (Fsp3) is 0.435. The fourth-order valence-electron chi connectivity index (χ4n) is 3.62. The van der Waals surface area contributed by atoms with Gasteiger partial charge in [0.1, 0.15) is 5.54 Å². The Morgan fingerprint density at radius 3 is 2.12 bits per heavy atom. The third kappa shape index (κ3) is 2.99. The number of imidazole rings is 1. The Morgan fingerprint density at radius 2 is 1.52 bits per heavy atom. The zero-order valence-electron chi connectivity index (χ0n) is 16.9. The van der Waals surface area contributed by atoms with E-state index in [1.807, 2.05) is 0 Å². The van der Waals surface area contributed by atoms with Crippen LogP contribution in [0.5, 0.6) is 0 Å². The first-order chi connectivity index (χ1) is 11.5. The third-order valence-electron chi connectivity index (χ3n) is 5.03. The van der Waals surface area contributed by atoms with Crippen molar-refractivity contribution < 1.29 is 4.57 Å². The number of hydrogen-bond donors (Lipinski definition) is 0. The van der Waals surface area contributed by atoms with E-state index in [4.69, 9.17) is 0 Å². The average Bonchev–Trinajstić information content (AvgIpc) is 2.80. The molecule has 0 radical (unpaired) electrons. The fourth-order valence-corrected chi connectivity index (χ4v) is 3.62. The van der Waals surface area contributed by atoms with E-state index in [9.17, 15) is 0 Å². The molecule has 0 saturated heterocycles. The highest BCUT2D eigenvalue weighted by Crippen LogP contribution is 2.34. The molecule has 0 unspecified atom stereocenters. The van der Waals surface area contributed by atoms with Crippen LogP contribution in [0.15, 0.2) is 42.5 Å². The van der Waals surface area contributed by atoms with Crippen molar-refractivity contribution in [1.82, 2.24) is 4.57 Å². The van der Waals surface area contributed by atoms with Crippen LogP contribution in [0.25, 0.3) is 22.4 Å². The van der Waals surface area contributed by atoms with Crippen molar-refractivity contribution in [2.75, 3.05) is 0 Å². The molecule has 0 spiro atoms. The van der Waals surface area contributed by atoms with Crippen molar-refractivity contribution >= 4 is 11.0 Å². The largest absolute Gasteiger partial charge is 0.290 e. The highest BCUT2D eigenvalue weighted by atomic mass is 15.2. The maximum Gasteiger partial charge on any atom is 0.290 e. The molecule has 1 heterocycles. The first-order valence-corrected chi connectivity index (χ1v) is 9.13. The van der Waals surface area contributed by atoms with Gasteiger partial charge in [-0.05, 0) is 62.4 Å². The number of nitrogens with zero attached hydrogens (tertiary/aromatic N) is 2. The average molecular weight is 336 g/mol. The number of hydrogen-bond acceptors (Lipinski definition) is 0. The molecule has 1 aromatic heterocycles. The van der Waals surface area contributed by atoms with Gasteiger partial charge in [-0.3, -0.25) is 0 Å². The highest BCUT2D eigenvalue weighted by molar-refractivity contribution is 5.77. The minimum atomic E-state index is 0.000371. The summed E-state index contributed by atoms with van der Waals surface area (Å²) in [6.45, 7) is 15.9. The second-order valence-electron chi connectivity index (χ2n) is 9.16. The van der Waals surface area contributed by atoms with Gasteiger partial charge in [-0.15, -0.1) is 0 Å². The van der Waals surface area contributed by atoms with Crippen LogP contribution in [-0.4, -0.2) is 4.57 Å². The van der Waals surface area contributed by atoms with E-state index in [1.165, 1.54) is 33.5 Å². The number of rotatable bonds is 1. The molecule has 0 aliphatic carbocycles. The molecule has 0 N–H and O–H groups in total. The van der Waals surface area contributed by atoms with Crippen LogP contribution < -0.4 is 4.57 Å². The van der Waals surface area contributed by atoms with Crippen LogP contribution in [0.2, 0.25) is 0 Å². The lowest BCUT2D eigenvalue weighted by atomic mass is 9.85. The lowest BCUT2D eigenvalue weighted by molar-refractivity contribution is -0.634. The molecule has 0 bridgehead atoms. The van der Waals surface area contributed by atoms with Gasteiger partial charge in [0.25, 0.3) is 5.82 Å². The molecule has 3 rings (SSSR count). The first-order valence-electron chi connectivity index (χ1n) is 9.13. The smallest absolute Gasteiger partial charge is 0.226 e. The van der Waals surface area contributed by atoms with Crippen molar-refractivity contribution in [1.29, 1.82) is 0 Å². The number of aromatic nitrogens is 2. The Labute approximate surface area is 152 Å². The molecule has 2 nitrogen and oxygen atoms in total. The van der Waals surface area contributed by atoms with Crippen molar-refractivity contribution in [2.24, 2.45) is 7.05 Å². The number of fused-ring (bicyclic) bond motifs is 1. The van der Waals surface area contributed by atoms with Crippen molar-refractivity contribution in [3.63, 3.8) is 0 Å². The molecule has 2 heteroatoms. The molecule has 2 aromatic carbocycles. The summed E-state index contributed by atoms with van der Waals surface area (Å²) in [5.41, 5.74) is 6.71. The van der Waals surface area contributed by atoms with Crippen LogP contribution in [0.1, 0.15) is 52.7 Å². The summed E-state index contributed by atoms with van der Waals surface area (Å²) in [7, 11) is 2.18. The minimum Gasteiger partial charge on any atom is -0.226 e. The molecule has 0 aliphatic rings. The lowest BCUT2D eigenvalue weighted by Crippen LogP contribution is -2.33. The van der Waals surface area contributed by atoms with E-state index < -0.39 is 0 Å². The van der Waals surface area contributed by atoms with E-state index in [0.717, 1.165) is 0 Å². The van der Waals surface area contributed by atoms with Crippen molar-refractivity contribution in [3.8, 4) is 11.4 Å². The monoisotopic (exact) mass is 335 g/mol. The molecular weight excluding hydrogens is 304 g/mol. The standard InChI is InChI=1S/C23H31N2/c1-16-13-14-17(22(2,3)4)15-18(16)21-24(8)19-11-9-10-12-20(19)25(21)23(5,6)7/h9-15H,1-8H3/q+1. The maximum atomic E-state index is 2.48. The third-order valence-corrected chi connectivity index (χ3v) is 5.03. The van der Waals surface area contributed by atoms with E-state index >= 15 is 0 Å². The quantitative estimate of drug-likeness (QED) is 0.520. The summed E-state index contributed by atoms with van der Waals surface area (Å²) < 4.78 is 4.83. The Kier molecular flexibility index (Phi) is 4.06. The van der Waals surface area contributed by atoms with Gasteiger partial charge in [-0.1, -0.05) is 45.0 Å². The van der Waals surface area contributed by atoms with Crippen LogP contribution in [-0.2, 0) is 18.0 Å². The predicted octanol–water partition coefficient (Wildman–Crippen LogP) is 5.49. The van der Waals surface area contributed by atoms with Crippen LogP contribution in [0.3, 0.4) is 0 Å². The summed E-state index contributed by atoms with van der Waals surface area (Å²) in [6.07, 6.45) is 0. The second kappa shape index (κ2) is 5.72. The molecule has 25 heavy (non-hydrogen) atoms. The SMILES string of the molecule is Cc1ccc(C(C)(C)C)cc1-c1n(C(C)(C)C)c2ccccc2[n+]1C. The zero-order chi connectivity index (χ0) is 18.6. The lowest BCUT2D eigenvalue weighted by Gasteiger charge is -2.22. The molecule has 132 valence electrons. The van der Waals surface area contributed by atoms with E-state index in [1.54, 1.807) is 0 Å². The summed E-state index contributed by atoms with van der Waals surface area (Å²) in [6, 6.07) is 15.6. The topological polar surface area (TPSA) is 8.81 Å². The van der Waals surface area contributed by atoms with Crippen LogP contribution >= 0.6 is 0 Å². The van der Waals surface area contributed by atoms with Gasteiger partial charge in [-0.25, -0.2) is 9.13 Å². The summed E-state index contributed by atoms with van der Waals surface area (Å²) >= 11 is 0. The van der Waals surface area contributed by atoms with Gasteiger partial charge in [0.05, 0.1) is 12.6 Å². The van der Waals surface area contributed by atoms with E-state index in [0.29, 0.717) is 0 Å². The van der Waals surface area contributed by atoms with Gasteiger partial charge < -0.3 is 0 Å². The molecule has 0 fully saturated rings. The van der Waals surface area contributed by atoms with Crippen LogP contribution in [0.4, 0.5) is 0 Å². The zero-order valence-corrected chi connectivity index (χ0v) is 16.9. The molecule has 3 aromatic rings. The van der Waals surface area contributed by atoms with Gasteiger partial charge >= 0.3 is 0 Å². The number of benzene rings is 2. The predicted molar refractivity (Wildman–Crippen MR) is 107 cm³/mol. The normalized spacial score (nSPS) is 12.8. The molecule has 0 amide bonds.